The van der Waals surface area contributed by atoms with Gasteiger partial charge in [-0.15, -0.1) is 0 Å². The van der Waals surface area contributed by atoms with Crippen LogP contribution < -0.4 is 0 Å². The molecule has 0 aliphatic heterocycles. The van der Waals surface area contributed by atoms with Crippen LogP contribution in [0.25, 0.3) is 0 Å². The van der Waals surface area contributed by atoms with Crippen LogP contribution in [0.15, 0.2) is 0 Å². The van der Waals surface area contributed by atoms with Crippen LogP contribution >= 0.6 is 0 Å². The largest absolute Gasteiger partial charge is 0.381 e. The minimum Gasteiger partial charge on any atom is -0.381 e. The van der Waals surface area contributed by atoms with Crippen LogP contribution in [0.3, 0.4) is 0 Å². The van der Waals surface area contributed by atoms with E-state index in [0.29, 0.717) is 0 Å². The average Bonchev–Trinajstić information content (AvgIpc) is 2.02. The highest BCUT2D eigenvalue weighted by atomic mass is 28.3. The molecule has 1 nitrogen and oxygen atoms in total. The summed E-state index contributed by atoms with van der Waals surface area (Å²) in [4.78, 5) is 0. The number of hydrogen-bond acceptors (Lipinski definition) is 1. The van der Waals surface area contributed by atoms with Gasteiger partial charge >= 0.3 is 0 Å². The molecule has 0 bridgehead atoms. The van der Waals surface area contributed by atoms with E-state index in [1.54, 1.807) is 0 Å². The lowest BCUT2D eigenvalue weighted by Crippen LogP contribution is -2.01. The molecule has 0 saturated heterocycles. The molecule has 3 heteroatoms. The van der Waals surface area contributed by atoms with E-state index in [9.17, 15) is 0 Å². The molecule has 13 heavy (non-hydrogen) atoms. The summed E-state index contributed by atoms with van der Waals surface area (Å²) < 4.78 is 5.47. The van der Waals surface area contributed by atoms with Gasteiger partial charge in [-0.3, -0.25) is 4.70 Å². The van der Waals surface area contributed by atoms with E-state index in [4.69, 9.17) is 4.74 Å². The van der Waals surface area contributed by atoms with Crippen molar-refractivity contribution in [3.05, 3.63) is 0 Å². The first-order valence-corrected chi connectivity index (χ1v) is 7.85. The molecule has 0 saturated carbocycles. The van der Waals surface area contributed by atoms with E-state index in [1.165, 1.54) is 31.7 Å². The molecule has 0 spiro atoms. The van der Waals surface area contributed by atoms with E-state index in [-0.39, 0.29) is 13.5 Å². The number of hydrogen-bond donors (Lipinski definition) is 0. The Bertz CT molecular complexity index is 89.0. The Hall–Kier alpha value is 0.107. The molecule has 0 unspecified atom stereocenters. The summed E-state index contributed by atoms with van der Waals surface area (Å²) in [5.74, 6) is 0. The number of rotatable bonds is 8. The highest BCUT2D eigenvalue weighted by Gasteiger charge is 1.95. The molecule has 0 atom stereocenters. The van der Waals surface area contributed by atoms with Crippen LogP contribution in [-0.2, 0) is 4.74 Å². The van der Waals surface area contributed by atoms with Gasteiger partial charge in [0.1, 0.15) is 0 Å². The van der Waals surface area contributed by atoms with Crippen molar-refractivity contribution in [1.82, 2.24) is 0 Å². The van der Waals surface area contributed by atoms with Gasteiger partial charge in [-0.05, 0) is 12.8 Å². The van der Waals surface area contributed by atoms with Gasteiger partial charge in [0, 0.05) is 22.0 Å². The third-order valence-electron chi connectivity index (χ3n) is 1.86. The van der Waals surface area contributed by atoms with Crippen LogP contribution in [0.4, 0.5) is 4.70 Å². The summed E-state index contributed by atoms with van der Waals surface area (Å²) in [5, 5.41) is 0. The molecule has 0 aliphatic rings. The summed E-state index contributed by atoms with van der Waals surface area (Å²) >= 11 is 0. The zero-order chi connectivity index (χ0) is 9.23. The first kappa shape index (κ1) is 15.6. The van der Waals surface area contributed by atoms with Crippen molar-refractivity contribution < 1.29 is 9.44 Å². The monoisotopic (exact) mass is 207 g/mol. The molecule has 0 amide bonds. The maximum absolute atomic E-state index is 5.47. The Morgan fingerprint density at radius 3 is 2.15 bits per heavy atom. The summed E-state index contributed by atoms with van der Waals surface area (Å²) in [5.41, 5.74) is 0. The SMILES string of the molecule is CCCCOCCCC[Si](C)C.F. The van der Waals surface area contributed by atoms with E-state index in [0.717, 1.165) is 13.2 Å². The molecule has 81 valence electrons. The van der Waals surface area contributed by atoms with Crippen LogP contribution in [0.1, 0.15) is 32.6 Å². The molecule has 0 rings (SSSR count). The van der Waals surface area contributed by atoms with Crippen molar-refractivity contribution in [3.63, 3.8) is 0 Å². The zero-order valence-corrected chi connectivity index (χ0v) is 10.3. The van der Waals surface area contributed by atoms with Gasteiger partial charge in [0.15, 0.2) is 0 Å². The van der Waals surface area contributed by atoms with E-state index >= 15 is 0 Å². The van der Waals surface area contributed by atoms with E-state index in [2.05, 4.69) is 20.0 Å². The molecular weight excluding hydrogens is 183 g/mol. The second-order valence-corrected chi connectivity index (χ2v) is 6.54. The van der Waals surface area contributed by atoms with Gasteiger partial charge in [0.25, 0.3) is 0 Å². The predicted octanol–water partition coefficient (Wildman–Crippen LogP) is 3.49. The number of halogens is 1. The predicted molar refractivity (Wildman–Crippen MR) is 59.8 cm³/mol. The smallest absolute Gasteiger partial charge is 0.0465 e. The van der Waals surface area contributed by atoms with E-state index in [1.807, 2.05) is 0 Å². The van der Waals surface area contributed by atoms with Gasteiger partial charge in [0.2, 0.25) is 0 Å². The summed E-state index contributed by atoms with van der Waals surface area (Å²) in [6, 6.07) is 1.45. The quantitative estimate of drug-likeness (QED) is 0.437. The van der Waals surface area contributed by atoms with Gasteiger partial charge in [0.05, 0.1) is 0 Å². The molecule has 1 radical (unpaired) electrons. The first-order valence-electron chi connectivity index (χ1n) is 5.14. The van der Waals surface area contributed by atoms with Crippen LogP contribution in [-0.4, -0.2) is 22.0 Å². The molecule has 0 aliphatic carbocycles. The molecule has 0 heterocycles. The zero-order valence-electron chi connectivity index (χ0n) is 9.27. The molecule has 0 aromatic rings. The van der Waals surface area contributed by atoms with Gasteiger partial charge in [-0.2, -0.15) is 0 Å². The third kappa shape index (κ3) is 14.9. The van der Waals surface area contributed by atoms with E-state index < -0.39 is 0 Å². The summed E-state index contributed by atoms with van der Waals surface area (Å²) in [6.07, 6.45) is 5.10. The van der Waals surface area contributed by atoms with Gasteiger partial charge in [-0.25, -0.2) is 0 Å². The number of ether oxygens (including phenoxy) is 1. The fourth-order valence-corrected chi connectivity index (χ4v) is 1.99. The van der Waals surface area contributed by atoms with Crippen molar-refractivity contribution in [2.75, 3.05) is 13.2 Å². The highest BCUT2D eigenvalue weighted by Crippen LogP contribution is 2.01. The first-order chi connectivity index (χ1) is 5.77. The Morgan fingerprint density at radius 2 is 1.62 bits per heavy atom. The lowest BCUT2D eigenvalue weighted by atomic mass is 10.3. The second-order valence-electron chi connectivity index (χ2n) is 3.63. The molecular formula is C10H24FOSi. The van der Waals surface area contributed by atoms with Crippen molar-refractivity contribution in [1.29, 1.82) is 0 Å². The van der Waals surface area contributed by atoms with Crippen molar-refractivity contribution >= 4 is 8.80 Å². The Morgan fingerprint density at radius 1 is 1.00 bits per heavy atom. The minimum atomic E-state index is 0. The standard InChI is InChI=1S/C10H23OSi.FH/c1-4-5-8-11-9-6-7-10-12(2)3;/h4-10H2,1-3H3;1H. The molecule has 0 aromatic carbocycles. The fourth-order valence-electron chi connectivity index (χ4n) is 1.03. The third-order valence-corrected chi connectivity index (χ3v) is 3.21. The maximum Gasteiger partial charge on any atom is 0.0465 e. The summed E-state index contributed by atoms with van der Waals surface area (Å²) in [6.45, 7) is 8.90. The molecule has 0 N–H and O–H groups in total. The molecule has 0 aromatic heterocycles. The summed E-state index contributed by atoms with van der Waals surface area (Å²) in [7, 11) is 0.0127. The lowest BCUT2D eigenvalue weighted by molar-refractivity contribution is 0.128. The van der Waals surface area contributed by atoms with Gasteiger partial charge < -0.3 is 4.74 Å². The Labute approximate surface area is 83.8 Å². The average molecular weight is 207 g/mol. The Kier molecular flexibility index (Phi) is 14.5. The van der Waals surface area contributed by atoms with Crippen molar-refractivity contribution in [2.45, 2.75) is 51.7 Å². The highest BCUT2D eigenvalue weighted by molar-refractivity contribution is 6.55. The van der Waals surface area contributed by atoms with Crippen LogP contribution in [0, 0.1) is 0 Å². The number of unbranched alkanes of at least 4 members (excludes halogenated alkanes) is 2. The van der Waals surface area contributed by atoms with Gasteiger partial charge in [-0.1, -0.05) is 38.9 Å². The Balaban J connectivity index is 0. The second kappa shape index (κ2) is 12.1. The van der Waals surface area contributed by atoms with Crippen molar-refractivity contribution in [3.8, 4) is 0 Å². The fraction of sp³-hybridized carbons (Fsp3) is 1.00. The lowest BCUT2D eigenvalue weighted by Gasteiger charge is -2.04. The van der Waals surface area contributed by atoms with Crippen LogP contribution in [0.2, 0.25) is 19.1 Å². The molecule has 0 fully saturated rings. The maximum atomic E-state index is 5.47. The normalized spacial score (nSPS) is 10.2. The van der Waals surface area contributed by atoms with Crippen molar-refractivity contribution in [2.24, 2.45) is 0 Å². The van der Waals surface area contributed by atoms with Crippen LogP contribution in [0.5, 0.6) is 0 Å². The topological polar surface area (TPSA) is 9.23 Å². The minimum absolute atomic E-state index is 0.